The SMILES string of the molecule is C=Cc1c(C=C)n(-c2ccccc2)c2c1ccc1c3ccccc3n(-c3ccc4c5ccccc5c5ccc(-c6ccc7c(c6)c6cccc8c9ccccc9c(=O)n7c86)cc5c4c3)c12. The third-order valence-electron chi connectivity index (χ3n) is 14.1. The van der Waals surface area contributed by atoms with Crippen LogP contribution in [0.2, 0.25) is 0 Å². The number of aromatic nitrogens is 3. The summed E-state index contributed by atoms with van der Waals surface area (Å²) in [5, 5.41) is 15.7. The number of fused-ring (bicyclic) bond motifs is 16. The molecule has 0 bridgehead atoms. The maximum atomic E-state index is 14.1. The van der Waals surface area contributed by atoms with Crippen molar-refractivity contribution in [1.82, 2.24) is 13.5 Å². The van der Waals surface area contributed by atoms with Crippen molar-refractivity contribution >= 4 is 115 Å². The van der Waals surface area contributed by atoms with E-state index in [2.05, 4.69) is 192 Å². The van der Waals surface area contributed by atoms with Gasteiger partial charge in [0.2, 0.25) is 0 Å². The summed E-state index contributed by atoms with van der Waals surface area (Å²) < 4.78 is 6.73. The first-order valence-electron chi connectivity index (χ1n) is 22.1. The molecule has 0 saturated heterocycles. The standard InChI is InChI=1S/C61H37N3O/c1-3-40-49-30-31-50-46-20-12-13-24-56(46)63(60(50)59(49)62(55(40)4-2)38-15-6-5-7-16-38)39-27-29-45-42-18-9-8-17-41(42)44-28-25-36(33-52(44)53(45)35-39)37-26-32-57-54(34-37)48-23-14-22-47-43-19-10-11-21-51(43)61(65)64(57)58(47)48/h3-35H,1-2H2. The Morgan fingerprint density at radius 3 is 1.60 bits per heavy atom. The van der Waals surface area contributed by atoms with Gasteiger partial charge in [0.1, 0.15) is 0 Å². The van der Waals surface area contributed by atoms with Crippen LogP contribution in [-0.4, -0.2) is 13.5 Å². The van der Waals surface area contributed by atoms with E-state index in [0.29, 0.717) is 0 Å². The van der Waals surface area contributed by atoms with Crippen molar-refractivity contribution in [2.75, 3.05) is 0 Å². The van der Waals surface area contributed by atoms with E-state index in [4.69, 9.17) is 0 Å². The van der Waals surface area contributed by atoms with E-state index in [1.807, 2.05) is 34.8 Å². The van der Waals surface area contributed by atoms with Crippen LogP contribution in [0.3, 0.4) is 0 Å². The van der Waals surface area contributed by atoms with Crippen LogP contribution < -0.4 is 5.56 Å². The molecule has 14 aromatic rings. The maximum Gasteiger partial charge on any atom is 0.263 e. The number of benzene rings is 10. The summed E-state index contributed by atoms with van der Waals surface area (Å²) >= 11 is 0. The van der Waals surface area contributed by atoms with Crippen LogP contribution >= 0.6 is 0 Å². The fraction of sp³-hybridized carbons (Fsp3) is 0. The number of rotatable bonds is 5. The molecule has 4 heterocycles. The van der Waals surface area contributed by atoms with Gasteiger partial charge in [0.25, 0.3) is 5.56 Å². The maximum absolute atomic E-state index is 14.1. The van der Waals surface area contributed by atoms with Crippen LogP contribution in [0.1, 0.15) is 11.3 Å². The van der Waals surface area contributed by atoms with Gasteiger partial charge in [-0.1, -0.05) is 153 Å². The predicted molar refractivity (Wildman–Crippen MR) is 277 cm³/mol. The Labute approximate surface area is 372 Å². The number of nitrogens with zero attached hydrogens (tertiary/aromatic N) is 3. The molecular formula is C61H37N3O. The lowest BCUT2D eigenvalue weighted by Crippen LogP contribution is -2.12. The number of hydrogen-bond donors (Lipinski definition) is 0. The quantitative estimate of drug-likeness (QED) is 0.159. The Morgan fingerprint density at radius 2 is 0.862 bits per heavy atom. The zero-order valence-electron chi connectivity index (χ0n) is 35.2. The molecule has 0 aliphatic carbocycles. The van der Waals surface area contributed by atoms with E-state index in [0.717, 1.165) is 93.7 Å². The Morgan fingerprint density at radius 1 is 0.338 bits per heavy atom. The highest BCUT2D eigenvalue weighted by molar-refractivity contribution is 6.27. The highest BCUT2D eigenvalue weighted by Crippen LogP contribution is 2.44. The Balaban J connectivity index is 1.06. The summed E-state index contributed by atoms with van der Waals surface area (Å²) in [5.74, 6) is 0. The molecule has 10 aromatic carbocycles. The fourth-order valence-corrected chi connectivity index (χ4v) is 11.4. The van der Waals surface area contributed by atoms with Gasteiger partial charge in [0, 0.05) is 54.6 Å². The molecule has 0 aliphatic rings. The summed E-state index contributed by atoms with van der Waals surface area (Å²) in [4.78, 5) is 14.1. The predicted octanol–water partition coefficient (Wildman–Crippen LogP) is 15.7. The first-order valence-corrected chi connectivity index (χ1v) is 22.1. The largest absolute Gasteiger partial charge is 0.307 e. The average Bonchev–Trinajstić information content (AvgIpc) is 4.01. The topological polar surface area (TPSA) is 31.3 Å². The summed E-state index contributed by atoms with van der Waals surface area (Å²) in [7, 11) is 0. The second-order valence-corrected chi connectivity index (χ2v) is 17.2. The smallest absolute Gasteiger partial charge is 0.263 e. The van der Waals surface area contributed by atoms with Crippen LogP contribution in [0.5, 0.6) is 0 Å². The highest BCUT2D eigenvalue weighted by atomic mass is 16.1. The van der Waals surface area contributed by atoms with E-state index >= 15 is 0 Å². The van der Waals surface area contributed by atoms with Crippen LogP contribution in [0.4, 0.5) is 0 Å². The first kappa shape index (κ1) is 35.8. The van der Waals surface area contributed by atoms with Gasteiger partial charge < -0.3 is 9.13 Å². The van der Waals surface area contributed by atoms with Gasteiger partial charge in [-0.15, -0.1) is 0 Å². The monoisotopic (exact) mass is 827 g/mol. The molecule has 4 heteroatoms. The number of pyridine rings is 1. The molecule has 0 atom stereocenters. The third-order valence-corrected chi connectivity index (χ3v) is 14.1. The molecule has 65 heavy (non-hydrogen) atoms. The summed E-state index contributed by atoms with van der Waals surface area (Å²) in [6.45, 7) is 8.59. The molecule has 0 fully saturated rings. The van der Waals surface area contributed by atoms with Crippen molar-refractivity contribution in [2.24, 2.45) is 0 Å². The van der Waals surface area contributed by atoms with Crippen LogP contribution in [-0.2, 0) is 0 Å². The van der Waals surface area contributed by atoms with E-state index in [1.54, 1.807) is 0 Å². The lowest BCUT2D eigenvalue weighted by Gasteiger charge is -2.16. The first-order chi connectivity index (χ1) is 32.1. The van der Waals surface area contributed by atoms with Crippen molar-refractivity contribution < 1.29 is 0 Å². The van der Waals surface area contributed by atoms with Crippen molar-refractivity contribution in [3.05, 3.63) is 223 Å². The minimum absolute atomic E-state index is 0.0199. The minimum Gasteiger partial charge on any atom is -0.307 e. The van der Waals surface area contributed by atoms with Gasteiger partial charge in [0.15, 0.2) is 0 Å². The number of para-hydroxylation sites is 3. The zero-order valence-corrected chi connectivity index (χ0v) is 35.2. The minimum atomic E-state index is 0.0199. The molecular weight excluding hydrogens is 791 g/mol. The van der Waals surface area contributed by atoms with Crippen LogP contribution in [0.25, 0.3) is 138 Å². The molecule has 4 aromatic heterocycles. The second kappa shape index (κ2) is 13.1. The van der Waals surface area contributed by atoms with Gasteiger partial charge in [-0.3, -0.25) is 9.20 Å². The molecule has 0 N–H and O–H groups in total. The normalized spacial score (nSPS) is 12.2. The molecule has 0 radical (unpaired) electrons. The van der Waals surface area contributed by atoms with Gasteiger partial charge >= 0.3 is 0 Å². The Bertz CT molecular complexity index is 4470. The Kier molecular flexibility index (Phi) is 7.25. The summed E-state index contributed by atoms with van der Waals surface area (Å²) in [6, 6.07) is 67.5. The van der Waals surface area contributed by atoms with Gasteiger partial charge in [0.05, 0.1) is 33.3 Å². The Hall–Kier alpha value is -8.73. The van der Waals surface area contributed by atoms with Crippen molar-refractivity contribution in [3.63, 3.8) is 0 Å². The van der Waals surface area contributed by atoms with Crippen LogP contribution in [0, 0.1) is 0 Å². The zero-order chi connectivity index (χ0) is 43.1. The fourth-order valence-electron chi connectivity index (χ4n) is 11.4. The highest BCUT2D eigenvalue weighted by Gasteiger charge is 2.23. The van der Waals surface area contributed by atoms with E-state index in [9.17, 15) is 4.79 Å². The second-order valence-electron chi connectivity index (χ2n) is 17.2. The molecule has 0 aliphatic heterocycles. The van der Waals surface area contributed by atoms with Gasteiger partial charge in [-0.2, -0.15) is 0 Å². The van der Waals surface area contributed by atoms with Crippen molar-refractivity contribution in [3.8, 4) is 22.5 Å². The molecule has 0 unspecified atom stereocenters. The summed E-state index contributed by atoms with van der Waals surface area (Å²) in [6.07, 6.45) is 3.92. The average molecular weight is 828 g/mol. The van der Waals surface area contributed by atoms with Crippen molar-refractivity contribution in [1.29, 1.82) is 0 Å². The number of hydrogen-bond acceptors (Lipinski definition) is 1. The lowest BCUT2D eigenvalue weighted by molar-refractivity contribution is 1.10. The van der Waals surface area contributed by atoms with Gasteiger partial charge in [-0.05, 0) is 110 Å². The molecule has 14 rings (SSSR count). The molecule has 4 nitrogen and oxygen atoms in total. The van der Waals surface area contributed by atoms with Gasteiger partial charge in [-0.25, -0.2) is 0 Å². The lowest BCUT2D eigenvalue weighted by atomic mass is 9.91. The summed E-state index contributed by atoms with van der Waals surface area (Å²) in [5.41, 5.74) is 11.8. The molecule has 0 saturated carbocycles. The van der Waals surface area contributed by atoms with Crippen LogP contribution in [0.15, 0.2) is 206 Å². The van der Waals surface area contributed by atoms with E-state index in [1.165, 1.54) is 43.1 Å². The van der Waals surface area contributed by atoms with E-state index in [-0.39, 0.29) is 5.56 Å². The third kappa shape index (κ3) is 4.72. The van der Waals surface area contributed by atoms with Crippen molar-refractivity contribution in [2.45, 2.75) is 0 Å². The van der Waals surface area contributed by atoms with E-state index < -0.39 is 0 Å². The molecule has 0 amide bonds. The molecule has 0 spiro atoms. The molecule has 302 valence electrons.